The second kappa shape index (κ2) is 8.18. The molecule has 8 heteroatoms. The number of aliphatic hydroxyl groups is 1. The number of hydrogen-bond donors (Lipinski definition) is 3. The van der Waals surface area contributed by atoms with Crippen LogP contribution < -0.4 is 5.32 Å². The SMILES string of the molecule is O=C(CCl)NC(CF)C(O)c1ccc(C[SH](=O)=O)cc1. The van der Waals surface area contributed by atoms with E-state index in [2.05, 4.69) is 5.32 Å². The summed E-state index contributed by atoms with van der Waals surface area (Å²) in [5.41, 5.74) is 0.950. The highest BCUT2D eigenvalue weighted by atomic mass is 35.5. The third-order valence-electron chi connectivity index (χ3n) is 2.65. The maximum atomic E-state index is 12.8. The van der Waals surface area contributed by atoms with Crippen LogP contribution in [0.5, 0.6) is 0 Å². The van der Waals surface area contributed by atoms with Gasteiger partial charge in [0.15, 0.2) is 0 Å². The summed E-state index contributed by atoms with van der Waals surface area (Å²) in [4.78, 5) is 11.1. The monoisotopic (exact) mass is 323 g/mol. The lowest BCUT2D eigenvalue weighted by atomic mass is 10.0. The highest BCUT2D eigenvalue weighted by Crippen LogP contribution is 2.18. The van der Waals surface area contributed by atoms with E-state index in [1.54, 1.807) is 0 Å². The van der Waals surface area contributed by atoms with Gasteiger partial charge in [0.1, 0.15) is 29.4 Å². The fourth-order valence-electron chi connectivity index (χ4n) is 1.65. The standard InChI is InChI=1S/C12H15ClFNO4S/c13-5-11(16)15-10(6-14)12(17)9-3-1-8(2-4-9)7-20(18)19/h1-4,10,12,17,20H,5-7H2,(H,15,16). The van der Waals surface area contributed by atoms with Crippen LogP contribution in [0, 0.1) is 0 Å². The van der Waals surface area contributed by atoms with Gasteiger partial charge in [0.25, 0.3) is 0 Å². The molecule has 2 unspecified atom stereocenters. The molecule has 1 amide bonds. The number of carbonyl (C=O) groups is 1. The van der Waals surface area contributed by atoms with E-state index < -0.39 is 35.4 Å². The van der Waals surface area contributed by atoms with Gasteiger partial charge >= 0.3 is 0 Å². The second-order valence-corrected chi connectivity index (χ2v) is 5.39. The third kappa shape index (κ3) is 5.07. The minimum atomic E-state index is -2.53. The largest absolute Gasteiger partial charge is 0.386 e. The van der Waals surface area contributed by atoms with Gasteiger partial charge in [0.05, 0.1) is 11.8 Å². The Hall–Kier alpha value is -1.18. The number of rotatable bonds is 7. The number of aliphatic hydroxyl groups excluding tert-OH is 1. The molecular weight excluding hydrogens is 309 g/mol. The van der Waals surface area contributed by atoms with Gasteiger partial charge in [-0.05, 0) is 11.1 Å². The van der Waals surface area contributed by atoms with E-state index in [4.69, 9.17) is 11.6 Å². The van der Waals surface area contributed by atoms with E-state index in [-0.39, 0.29) is 11.6 Å². The number of alkyl halides is 2. The zero-order valence-electron chi connectivity index (χ0n) is 10.5. The van der Waals surface area contributed by atoms with Crippen LogP contribution in [0.15, 0.2) is 24.3 Å². The highest BCUT2D eigenvalue weighted by molar-refractivity contribution is 7.71. The summed E-state index contributed by atoms with van der Waals surface area (Å²) in [6, 6.07) is 4.95. The molecule has 1 rings (SSSR count). The van der Waals surface area contributed by atoms with Gasteiger partial charge in [0.2, 0.25) is 5.91 Å². The molecule has 0 radical (unpaired) electrons. The Balaban J connectivity index is 2.79. The number of nitrogens with one attached hydrogen (secondary N) is 1. The molecule has 0 bridgehead atoms. The molecular formula is C12H15ClFNO4S. The number of hydrogen-bond acceptors (Lipinski definition) is 4. The van der Waals surface area contributed by atoms with E-state index in [1.165, 1.54) is 24.3 Å². The maximum absolute atomic E-state index is 12.8. The van der Waals surface area contributed by atoms with Gasteiger partial charge in [-0.2, -0.15) is 0 Å². The summed E-state index contributed by atoms with van der Waals surface area (Å²) in [5, 5.41) is 12.2. The Kier molecular flexibility index (Phi) is 6.90. The molecule has 112 valence electrons. The molecule has 0 fully saturated rings. The fraction of sp³-hybridized carbons (Fsp3) is 0.417. The van der Waals surface area contributed by atoms with Crippen LogP contribution in [0.2, 0.25) is 0 Å². The Bertz CT molecular complexity index is 513. The molecule has 0 aromatic heterocycles. The van der Waals surface area contributed by atoms with E-state index >= 15 is 0 Å². The van der Waals surface area contributed by atoms with Gasteiger partial charge in [-0.25, -0.2) is 12.8 Å². The molecule has 0 saturated carbocycles. The van der Waals surface area contributed by atoms with Crippen LogP contribution in [-0.4, -0.2) is 38.0 Å². The van der Waals surface area contributed by atoms with Crippen LogP contribution in [-0.2, 0) is 21.3 Å². The summed E-state index contributed by atoms with van der Waals surface area (Å²) < 4.78 is 34.0. The van der Waals surface area contributed by atoms with E-state index in [9.17, 15) is 22.7 Å². The fourth-order valence-corrected chi connectivity index (χ4v) is 2.23. The Morgan fingerprint density at radius 1 is 1.35 bits per heavy atom. The van der Waals surface area contributed by atoms with E-state index in [0.29, 0.717) is 11.1 Å². The first-order chi connectivity index (χ1) is 9.47. The predicted molar refractivity (Wildman–Crippen MR) is 74.0 cm³/mol. The number of halogens is 2. The summed E-state index contributed by atoms with van der Waals surface area (Å²) in [6.07, 6.45) is -1.23. The highest BCUT2D eigenvalue weighted by Gasteiger charge is 2.22. The topological polar surface area (TPSA) is 83.5 Å². The Morgan fingerprint density at radius 3 is 2.40 bits per heavy atom. The molecule has 2 atom stereocenters. The molecule has 20 heavy (non-hydrogen) atoms. The first kappa shape index (κ1) is 16.9. The average Bonchev–Trinajstić information content (AvgIpc) is 2.44. The molecule has 0 aliphatic rings. The number of benzene rings is 1. The van der Waals surface area contributed by atoms with Crippen molar-refractivity contribution in [2.45, 2.75) is 17.9 Å². The zero-order valence-corrected chi connectivity index (χ0v) is 12.1. The van der Waals surface area contributed by atoms with Gasteiger partial charge in [-0.1, -0.05) is 24.3 Å². The van der Waals surface area contributed by atoms with E-state index in [1.807, 2.05) is 0 Å². The van der Waals surface area contributed by atoms with Gasteiger partial charge in [-0.15, -0.1) is 11.6 Å². The minimum Gasteiger partial charge on any atom is -0.386 e. The number of amides is 1. The van der Waals surface area contributed by atoms with Crippen LogP contribution in [0.1, 0.15) is 17.2 Å². The smallest absolute Gasteiger partial charge is 0.235 e. The lowest BCUT2D eigenvalue weighted by Gasteiger charge is -2.21. The number of thiol groups is 1. The summed E-state index contributed by atoms with van der Waals surface area (Å²) in [7, 11) is -2.53. The molecule has 0 spiro atoms. The minimum absolute atomic E-state index is 0.0960. The van der Waals surface area contributed by atoms with Crippen molar-refractivity contribution in [1.82, 2.24) is 5.32 Å². The quantitative estimate of drug-likeness (QED) is 0.505. The number of carbonyl (C=O) groups excluding carboxylic acids is 1. The average molecular weight is 324 g/mol. The molecule has 1 aromatic carbocycles. The van der Waals surface area contributed by atoms with Crippen LogP contribution in [0.4, 0.5) is 4.39 Å². The first-order valence-electron chi connectivity index (χ1n) is 5.78. The predicted octanol–water partition coefficient (Wildman–Crippen LogP) is 0.525. The van der Waals surface area contributed by atoms with Crippen molar-refractivity contribution in [3.8, 4) is 0 Å². The van der Waals surface area contributed by atoms with Crippen LogP contribution in [0.3, 0.4) is 0 Å². The van der Waals surface area contributed by atoms with Gasteiger partial charge < -0.3 is 10.4 Å². The van der Waals surface area contributed by atoms with Crippen molar-refractivity contribution in [3.05, 3.63) is 35.4 Å². The van der Waals surface area contributed by atoms with E-state index in [0.717, 1.165) is 0 Å². The Morgan fingerprint density at radius 2 is 1.95 bits per heavy atom. The molecule has 1 aromatic rings. The van der Waals surface area contributed by atoms with Crippen LogP contribution in [0.25, 0.3) is 0 Å². The van der Waals surface area contributed by atoms with Crippen LogP contribution >= 0.6 is 11.6 Å². The van der Waals surface area contributed by atoms with Gasteiger partial charge in [0, 0.05) is 0 Å². The van der Waals surface area contributed by atoms with Crippen molar-refractivity contribution in [3.63, 3.8) is 0 Å². The molecule has 0 aliphatic heterocycles. The second-order valence-electron chi connectivity index (χ2n) is 4.14. The van der Waals surface area contributed by atoms with Crippen molar-refractivity contribution in [2.24, 2.45) is 0 Å². The zero-order chi connectivity index (χ0) is 15.1. The molecule has 0 saturated heterocycles. The third-order valence-corrected chi connectivity index (χ3v) is 3.51. The van der Waals surface area contributed by atoms with Crippen molar-refractivity contribution < 1.29 is 22.7 Å². The Labute approximate surface area is 122 Å². The lowest BCUT2D eigenvalue weighted by molar-refractivity contribution is -0.120. The summed E-state index contributed by atoms with van der Waals surface area (Å²) in [6.45, 7) is -0.946. The molecule has 5 nitrogen and oxygen atoms in total. The van der Waals surface area contributed by atoms with Crippen molar-refractivity contribution >= 4 is 28.2 Å². The molecule has 0 heterocycles. The maximum Gasteiger partial charge on any atom is 0.235 e. The van der Waals surface area contributed by atoms with Crippen molar-refractivity contribution in [1.29, 1.82) is 0 Å². The summed E-state index contributed by atoms with van der Waals surface area (Å²) in [5.74, 6) is -0.992. The first-order valence-corrected chi connectivity index (χ1v) is 7.67. The molecule has 2 N–H and O–H groups in total. The normalized spacial score (nSPS) is 14.0. The summed E-state index contributed by atoms with van der Waals surface area (Å²) >= 11 is 5.30. The molecule has 0 aliphatic carbocycles. The van der Waals surface area contributed by atoms with Crippen molar-refractivity contribution in [2.75, 3.05) is 12.6 Å². The lowest BCUT2D eigenvalue weighted by Crippen LogP contribution is -2.41. The van der Waals surface area contributed by atoms with Gasteiger partial charge in [-0.3, -0.25) is 4.79 Å².